The van der Waals surface area contributed by atoms with Crippen LogP contribution in [0.5, 0.6) is 0 Å². The van der Waals surface area contributed by atoms with Gasteiger partial charge >= 0.3 is 6.18 Å². The minimum absolute atomic E-state index is 0.0490. The summed E-state index contributed by atoms with van der Waals surface area (Å²) in [7, 11) is 5.33. The Morgan fingerprint density at radius 2 is 1.85 bits per heavy atom. The number of rotatable bonds is 0. The van der Waals surface area contributed by atoms with Crippen LogP contribution >= 0.6 is 22.6 Å². The molecule has 0 aliphatic heterocycles. The van der Waals surface area contributed by atoms with Crippen molar-refractivity contribution in [2.45, 2.75) is 6.18 Å². The lowest BCUT2D eigenvalue weighted by atomic mass is 9.93. The summed E-state index contributed by atoms with van der Waals surface area (Å²) in [6.45, 7) is 0. The highest BCUT2D eigenvalue weighted by atomic mass is 127. The summed E-state index contributed by atoms with van der Waals surface area (Å²) in [5, 5.41) is 0. The van der Waals surface area contributed by atoms with Gasteiger partial charge in [-0.1, -0.05) is 11.5 Å². The van der Waals surface area contributed by atoms with Crippen LogP contribution in [-0.4, -0.2) is 7.85 Å². The zero-order chi connectivity index (χ0) is 10.2. The first-order chi connectivity index (χ1) is 5.82. The summed E-state index contributed by atoms with van der Waals surface area (Å²) >= 11 is 1.80. The second-order valence-electron chi connectivity index (χ2n) is 2.47. The van der Waals surface area contributed by atoms with Crippen molar-refractivity contribution in [3.63, 3.8) is 0 Å². The summed E-state index contributed by atoms with van der Waals surface area (Å²) in [5.74, 6) is 0. The Morgan fingerprint density at radius 1 is 1.31 bits per heavy atom. The summed E-state index contributed by atoms with van der Waals surface area (Å²) in [5.41, 5.74) is 4.61. The molecule has 0 unspecified atom stereocenters. The number of hydrogen-bond donors (Lipinski definition) is 1. The van der Waals surface area contributed by atoms with E-state index in [2.05, 4.69) is 0 Å². The van der Waals surface area contributed by atoms with Crippen LogP contribution in [0.25, 0.3) is 0 Å². The van der Waals surface area contributed by atoms with Gasteiger partial charge in [0.15, 0.2) is 0 Å². The van der Waals surface area contributed by atoms with E-state index in [0.717, 1.165) is 12.1 Å². The number of nitrogens with two attached hydrogens (primary N) is 1. The topological polar surface area (TPSA) is 26.0 Å². The third-order valence-corrected chi connectivity index (χ3v) is 2.70. The molecule has 0 atom stereocenters. The maximum absolute atomic E-state index is 12.2. The van der Waals surface area contributed by atoms with Gasteiger partial charge < -0.3 is 5.73 Å². The zero-order valence-corrected chi connectivity index (χ0v) is 8.48. The van der Waals surface area contributed by atoms with Gasteiger partial charge in [0.1, 0.15) is 7.85 Å². The highest BCUT2D eigenvalue weighted by molar-refractivity contribution is 14.1. The molecule has 0 aliphatic carbocycles. The van der Waals surface area contributed by atoms with E-state index in [0.29, 0.717) is 3.57 Å². The minimum Gasteiger partial charge on any atom is -0.398 e. The third kappa shape index (κ3) is 2.29. The molecule has 0 saturated carbocycles. The largest absolute Gasteiger partial charge is 0.416 e. The molecule has 0 saturated heterocycles. The standard InChI is InChI=1S/C7H4BF3IN/c8-4-1-3(7(9,10)11)2-5(13)6(4)12/h1-2H,13H2. The molecule has 1 aromatic rings. The Morgan fingerprint density at radius 3 is 2.23 bits per heavy atom. The fourth-order valence-corrected chi connectivity index (χ4v) is 1.15. The van der Waals surface area contributed by atoms with Crippen LogP contribution in [0.15, 0.2) is 12.1 Å². The first-order valence-corrected chi connectivity index (χ1v) is 4.32. The SMILES string of the molecule is [B]c1cc(C(F)(F)F)cc(N)c1I. The molecule has 0 heterocycles. The molecule has 1 rings (SSSR count). The number of benzene rings is 1. The quantitative estimate of drug-likeness (QED) is 0.440. The van der Waals surface area contributed by atoms with Crippen LogP contribution in [0, 0.1) is 3.57 Å². The Kier molecular flexibility index (Phi) is 2.79. The van der Waals surface area contributed by atoms with Crippen molar-refractivity contribution in [1.29, 1.82) is 0 Å². The molecule has 1 aromatic carbocycles. The molecule has 2 radical (unpaired) electrons. The maximum atomic E-state index is 12.2. The summed E-state index contributed by atoms with van der Waals surface area (Å²) in [6, 6.07) is 1.75. The Bertz CT molecular complexity index is 314. The van der Waals surface area contributed by atoms with Gasteiger partial charge in [0, 0.05) is 9.26 Å². The molecule has 0 aliphatic rings. The summed E-state index contributed by atoms with van der Waals surface area (Å²) < 4.78 is 36.9. The van der Waals surface area contributed by atoms with E-state index in [-0.39, 0.29) is 11.2 Å². The summed E-state index contributed by atoms with van der Waals surface area (Å²) in [4.78, 5) is 0. The monoisotopic (exact) mass is 297 g/mol. The van der Waals surface area contributed by atoms with Crippen molar-refractivity contribution >= 4 is 41.6 Å². The van der Waals surface area contributed by atoms with Crippen molar-refractivity contribution in [2.24, 2.45) is 0 Å². The van der Waals surface area contributed by atoms with E-state index < -0.39 is 11.7 Å². The van der Waals surface area contributed by atoms with Crippen LogP contribution in [0.1, 0.15) is 5.56 Å². The molecule has 0 bridgehead atoms. The van der Waals surface area contributed by atoms with Gasteiger partial charge in [0.25, 0.3) is 0 Å². The van der Waals surface area contributed by atoms with Crippen molar-refractivity contribution in [3.8, 4) is 0 Å². The lowest BCUT2D eigenvalue weighted by molar-refractivity contribution is -0.137. The normalized spacial score (nSPS) is 11.7. The van der Waals surface area contributed by atoms with E-state index in [1.807, 2.05) is 0 Å². The molecule has 2 N–H and O–H groups in total. The third-order valence-electron chi connectivity index (χ3n) is 1.46. The molecule has 1 nitrogen and oxygen atoms in total. The van der Waals surface area contributed by atoms with Crippen LogP contribution in [0.4, 0.5) is 18.9 Å². The number of halogens is 4. The van der Waals surface area contributed by atoms with Crippen LogP contribution < -0.4 is 11.2 Å². The van der Waals surface area contributed by atoms with E-state index in [4.69, 9.17) is 13.6 Å². The average Bonchev–Trinajstić information content (AvgIpc) is 1.97. The molecule has 0 fully saturated rings. The van der Waals surface area contributed by atoms with Gasteiger partial charge in [-0.25, -0.2) is 0 Å². The fourth-order valence-electron chi connectivity index (χ4n) is 0.834. The first-order valence-electron chi connectivity index (χ1n) is 3.24. The number of nitrogen functional groups attached to an aromatic ring is 1. The number of hydrogen-bond acceptors (Lipinski definition) is 1. The van der Waals surface area contributed by atoms with Gasteiger partial charge in [0.2, 0.25) is 0 Å². The molecule has 0 spiro atoms. The zero-order valence-electron chi connectivity index (χ0n) is 6.32. The van der Waals surface area contributed by atoms with Gasteiger partial charge in [-0.3, -0.25) is 0 Å². The van der Waals surface area contributed by atoms with E-state index in [1.54, 1.807) is 22.6 Å². The van der Waals surface area contributed by atoms with Crippen molar-refractivity contribution in [1.82, 2.24) is 0 Å². The highest BCUT2D eigenvalue weighted by Gasteiger charge is 2.31. The van der Waals surface area contributed by atoms with Gasteiger partial charge in [-0.15, -0.1) is 0 Å². The van der Waals surface area contributed by atoms with E-state index >= 15 is 0 Å². The molecular weight excluding hydrogens is 293 g/mol. The predicted octanol–water partition coefficient (Wildman–Crippen LogP) is 1.69. The van der Waals surface area contributed by atoms with Crippen LogP contribution in [0.3, 0.4) is 0 Å². The average molecular weight is 297 g/mol. The van der Waals surface area contributed by atoms with Crippen LogP contribution in [0.2, 0.25) is 0 Å². The number of alkyl halides is 3. The van der Waals surface area contributed by atoms with Gasteiger partial charge in [-0.2, -0.15) is 13.2 Å². The van der Waals surface area contributed by atoms with Crippen molar-refractivity contribution in [2.75, 3.05) is 5.73 Å². The molecule has 13 heavy (non-hydrogen) atoms. The molecule has 6 heteroatoms. The molecule has 0 amide bonds. The van der Waals surface area contributed by atoms with E-state index in [1.165, 1.54) is 0 Å². The van der Waals surface area contributed by atoms with Crippen LogP contribution in [-0.2, 0) is 6.18 Å². The lowest BCUT2D eigenvalue weighted by Crippen LogP contribution is -2.16. The summed E-state index contributed by atoms with van der Waals surface area (Å²) in [6.07, 6.45) is -4.40. The fraction of sp³-hybridized carbons (Fsp3) is 0.143. The highest BCUT2D eigenvalue weighted by Crippen LogP contribution is 2.30. The van der Waals surface area contributed by atoms with Crippen molar-refractivity contribution in [3.05, 3.63) is 21.3 Å². The van der Waals surface area contributed by atoms with Gasteiger partial charge in [0.05, 0.1) is 5.56 Å². The predicted molar refractivity (Wildman–Crippen MR) is 54.0 cm³/mol. The Hall–Kier alpha value is -0.395. The number of anilines is 1. The minimum atomic E-state index is -4.40. The smallest absolute Gasteiger partial charge is 0.398 e. The molecule has 0 aromatic heterocycles. The van der Waals surface area contributed by atoms with E-state index in [9.17, 15) is 13.2 Å². The Labute approximate surface area is 88.0 Å². The van der Waals surface area contributed by atoms with Gasteiger partial charge in [-0.05, 0) is 28.7 Å². The second-order valence-corrected chi connectivity index (χ2v) is 3.55. The lowest BCUT2D eigenvalue weighted by Gasteiger charge is -2.10. The maximum Gasteiger partial charge on any atom is 0.416 e. The second kappa shape index (κ2) is 3.40. The Balaban J connectivity index is 3.29. The molecular formula is C7H4BF3IN. The first kappa shape index (κ1) is 10.7. The van der Waals surface area contributed by atoms with Crippen molar-refractivity contribution < 1.29 is 13.2 Å². The molecule has 68 valence electrons.